The van der Waals surface area contributed by atoms with Crippen molar-refractivity contribution in [1.29, 1.82) is 0 Å². The fraction of sp³-hybridized carbons (Fsp3) is 0.0667. The Morgan fingerprint density at radius 1 is 1.33 bits per heavy atom. The Kier molecular flexibility index (Phi) is 4.94. The second kappa shape index (κ2) is 6.90. The zero-order valence-electron chi connectivity index (χ0n) is 11.2. The molecule has 0 atom stereocenters. The number of rotatable bonds is 4. The molecule has 0 aliphatic carbocycles. The van der Waals surface area contributed by atoms with E-state index in [0.29, 0.717) is 21.3 Å². The van der Waals surface area contributed by atoms with Crippen molar-refractivity contribution < 1.29 is 14.6 Å². The first-order chi connectivity index (χ1) is 10.1. The van der Waals surface area contributed by atoms with Gasteiger partial charge in [0.05, 0.1) is 18.9 Å². The summed E-state index contributed by atoms with van der Waals surface area (Å²) in [6.45, 7) is 0. The van der Waals surface area contributed by atoms with Crippen LogP contribution < -0.4 is 10.2 Å². The van der Waals surface area contributed by atoms with Gasteiger partial charge in [0, 0.05) is 4.47 Å². The van der Waals surface area contributed by atoms with Gasteiger partial charge < -0.3 is 9.84 Å². The first kappa shape index (κ1) is 15.1. The molecule has 2 aromatic carbocycles. The lowest BCUT2D eigenvalue weighted by Gasteiger charge is -2.04. The van der Waals surface area contributed by atoms with Crippen LogP contribution in [0.25, 0.3) is 0 Å². The summed E-state index contributed by atoms with van der Waals surface area (Å²) in [4.78, 5) is 11.9. The van der Waals surface area contributed by atoms with Crippen LogP contribution in [-0.4, -0.2) is 24.3 Å². The van der Waals surface area contributed by atoms with Gasteiger partial charge in [0.15, 0.2) is 11.5 Å². The van der Waals surface area contributed by atoms with Crippen LogP contribution in [0, 0.1) is 0 Å². The normalized spacial score (nSPS) is 10.6. The molecule has 0 saturated heterocycles. The third-order valence-corrected chi connectivity index (χ3v) is 3.39. The van der Waals surface area contributed by atoms with Crippen LogP contribution in [0.1, 0.15) is 15.9 Å². The molecule has 0 unspecified atom stereocenters. The maximum atomic E-state index is 11.9. The zero-order valence-corrected chi connectivity index (χ0v) is 12.8. The number of phenolic OH excluding ortho intramolecular Hbond substituents is 1. The number of amides is 1. The largest absolute Gasteiger partial charge is 0.504 e. The van der Waals surface area contributed by atoms with Crippen molar-refractivity contribution in [3.05, 3.63) is 58.1 Å². The first-order valence-electron chi connectivity index (χ1n) is 6.06. The van der Waals surface area contributed by atoms with Crippen molar-refractivity contribution in [2.75, 3.05) is 7.11 Å². The van der Waals surface area contributed by atoms with E-state index in [1.54, 1.807) is 30.3 Å². The van der Waals surface area contributed by atoms with Gasteiger partial charge in [-0.3, -0.25) is 4.79 Å². The average Bonchev–Trinajstić information content (AvgIpc) is 2.49. The molecule has 2 rings (SSSR count). The Labute approximate surface area is 130 Å². The highest BCUT2D eigenvalue weighted by molar-refractivity contribution is 9.10. The SMILES string of the molecule is COc1cc(/C=N/NC(=O)c2ccccc2Br)ccc1O. The summed E-state index contributed by atoms with van der Waals surface area (Å²) < 4.78 is 5.69. The minimum Gasteiger partial charge on any atom is -0.504 e. The second-order valence-electron chi connectivity index (χ2n) is 4.11. The summed E-state index contributed by atoms with van der Waals surface area (Å²) in [6.07, 6.45) is 1.47. The Hall–Kier alpha value is -2.34. The van der Waals surface area contributed by atoms with Crippen LogP contribution in [0.15, 0.2) is 52.0 Å². The molecular weight excluding hydrogens is 336 g/mol. The van der Waals surface area contributed by atoms with Crippen molar-refractivity contribution >= 4 is 28.1 Å². The van der Waals surface area contributed by atoms with Crippen LogP contribution in [0.4, 0.5) is 0 Å². The van der Waals surface area contributed by atoms with E-state index in [9.17, 15) is 9.90 Å². The molecular formula is C15H13BrN2O3. The number of ether oxygens (including phenoxy) is 1. The summed E-state index contributed by atoms with van der Waals surface area (Å²) in [7, 11) is 1.46. The summed E-state index contributed by atoms with van der Waals surface area (Å²) in [5.74, 6) is 0.0763. The number of aromatic hydroxyl groups is 1. The van der Waals surface area contributed by atoms with Crippen molar-refractivity contribution in [2.24, 2.45) is 5.10 Å². The van der Waals surface area contributed by atoms with Gasteiger partial charge in [0.2, 0.25) is 0 Å². The van der Waals surface area contributed by atoms with Crippen molar-refractivity contribution in [3.8, 4) is 11.5 Å². The Bertz CT molecular complexity index is 686. The molecule has 0 aliphatic heterocycles. The highest BCUT2D eigenvalue weighted by atomic mass is 79.9. The number of hydrogen-bond donors (Lipinski definition) is 2. The van der Waals surface area contributed by atoms with Crippen LogP contribution >= 0.6 is 15.9 Å². The molecule has 0 fully saturated rings. The van der Waals surface area contributed by atoms with Gasteiger partial charge in [0.1, 0.15) is 0 Å². The predicted molar refractivity (Wildman–Crippen MR) is 83.9 cm³/mol. The minimum absolute atomic E-state index is 0.0481. The van der Waals surface area contributed by atoms with Crippen LogP contribution in [-0.2, 0) is 0 Å². The lowest BCUT2D eigenvalue weighted by atomic mass is 10.2. The monoisotopic (exact) mass is 348 g/mol. The molecule has 6 heteroatoms. The zero-order chi connectivity index (χ0) is 15.2. The molecule has 21 heavy (non-hydrogen) atoms. The van der Waals surface area contributed by atoms with Crippen LogP contribution in [0.3, 0.4) is 0 Å². The van der Waals surface area contributed by atoms with E-state index in [0.717, 1.165) is 0 Å². The van der Waals surface area contributed by atoms with E-state index in [1.807, 2.05) is 6.07 Å². The summed E-state index contributed by atoms with van der Waals surface area (Å²) in [6, 6.07) is 11.8. The van der Waals surface area contributed by atoms with Gasteiger partial charge in [-0.05, 0) is 51.8 Å². The van der Waals surface area contributed by atoms with Gasteiger partial charge in [-0.25, -0.2) is 5.43 Å². The quantitative estimate of drug-likeness (QED) is 0.659. The molecule has 0 aromatic heterocycles. The number of halogens is 1. The molecule has 2 aromatic rings. The Morgan fingerprint density at radius 3 is 2.81 bits per heavy atom. The van der Waals surface area contributed by atoms with E-state index in [-0.39, 0.29) is 11.7 Å². The number of benzene rings is 2. The van der Waals surface area contributed by atoms with E-state index in [2.05, 4.69) is 26.5 Å². The Balaban J connectivity index is 2.06. The maximum absolute atomic E-state index is 11.9. The van der Waals surface area contributed by atoms with E-state index >= 15 is 0 Å². The topological polar surface area (TPSA) is 70.9 Å². The van der Waals surface area contributed by atoms with Crippen LogP contribution in [0.2, 0.25) is 0 Å². The molecule has 0 aliphatic rings. The molecule has 0 heterocycles. The third-order valence-electron chi connectivity index (χ3n) is 2.70. The number of carbonyl (C=O) groups is 1. The summed E-state index contributed by atoms with van der Waals surface area (Å²) in [5.41, 5.74) is 3.63. The molecule has 0 saturated carbocycles. The number of phenols is 1. The number of methoxy groups -OCH3 is 1. The van der Waals surface area contributed by atoms with Gasteiger partial charge in [-0.1, -0.05) is 12.1 Å². The van der Waals surface area contributed by atoms with Gasteiger partial charge >= 0.3 is 0 Å². The van der Waals surface area contributed by atoms with E-state index in [1.165, 1.54) is 19.4 Å². The standard InChI is InChI=1S/C15H13BrN2O3/c1-21-14-8-10(6-7-13(14)19)9-17-18-15(20)11-4-2-3-5-12(11)16/h2-9,19H,1H3,(H,18,20)/b17-9+. The molecule has 2 N–H and O–H groups in total. The highest BCUT2D eigenvalue weighted by Crippen LogP contribution is 2.25. The van der Waals surface area contributed by atoms with Crippen molar-refractivity contribution in [3.63, 3.8) is 0 Å². The first-order valence-corrected chi connectivity index (χ1v) is 6.86. The van der Waals surface area contributed by atoms with Crippen molar-refractivity contribution in [1.82, 2.24) is 5.43 Å². The lowest BCUT2D eigenvalue weighted by molar-refractivity contribution is 0.0954. The smallest absolute Gasteiger partial charge is 0.272 e. The third kappa shape index (κ3) is 3.82. The maximum Gasteiger partial charge on any atom is 0.272 e. The molecule has 0 spiro atoms. The number of nitrogens with zero attached hydrogens (tertiary/aromatic N) is 1. The van der Waals surface area contributed by atoms with E-state index < -0.39 is 0 Å². The van der Waals surface area contributed by atoms with E-state index in [4.69, 9.17) is 4.74 Å². The molecule has 1 amide bonds. The summed E-state index contributed by atoms with van der Waals surface area (Å²) in [5, 5.41) is 13.4. The average molecular weight is 349 g/mol. The number of hydrazone groups is 1. The fourth-order valence-electron chi connectivity index (χ4n) is 1.65. The molecule has 0 bridgehead atoms. The van der Waals surface area contributed by atoms with Gasteiger partial charge in [0.25, 0.3) is 5.91 Å². The second-order valence-corrected chi connectivity index (χ2v) is 4.96. The van der Waals surface area contributed by atoms with Crippen molar-refractivity contribution in [2.45, 2.75) is 0 Å². The van der Waals surface area contributed by atoms with Gasteiger partial charge in [-0.2, -0.15) is 5.10 Å². The lowest BCUT2D eigenvalue weighted by Crippen LogP contribution is -2.18. The molecule has 108 valence electrons. The van der Waals surface area contributed by atoms with Gasteiger partial charge in [-0.15, -0.1) is 0 Å². The predicted octanol–water partition coefficient (Wildman–Crippen LogP) is 2.93. The number of hydrogen-bond acceptors (Lipinski definition) is 4. The minimum atomic E-state index is -0.315. The van der Waals surface area contributed by atoms with Crippen LogP contribution in [0.5, 0.6) is 11.5 Å². The highest BCUT2D eigenvalue weighted by Gasteiger charge is 2.07. The molecule has 5 nitrogen and oxygen atoms in total. The fourth-order valence-corrected chi connectivity index (χ4v) is 2.11. The number of carbonyl (C=O) groups excluding carboxylic acids is 1. The molecule has 0 radical (unpaired) electrons. The Morgan fingerprint density at radius 2 is 2.10 bits per heavy atom. The summed E-state index contributed by atoms with van der Waals surface area (Å²) >= 11 is 3.30. The number of nitrogens with one attached hydrogen (secondary N) is 1.